The Bertz CT molecular complexity index is 568. The summed E-state index contributed by atoms with van der Waals surface area (Å²) in [5, 5.41) is 13.9. The number of carbonyl (C=O) groups is 1. The topological polar surface area (TPSA) is 98.3 Å². The second-order valence-electron chi connectivity index (χ2n) is 5.01. The standard InChI is InChI=1S/C13H16ClN3O3/c1-7-10(17(19)20)6-9(11(14)12(7)15)13(18)16-8-4-2-3-5-8/h6,8H,2-5,15H2,1H3,(H,16,18). The fourth-order valence-corrected chi connectivity index (χ4v) is 2.73. The molecule has 1 saturated carbocycles. The first-order chi connectivity index (χ1) is 9.41. The number of hydrogen-bond acceptors (Lipinski definition) is 4. The molecule has 0 radical (unpaired) electrons. The van der Waals surface area contributed by atoms with Gasteiger partial charge in [0.05, 0.1) is 26.8 Å². The van der Waals surface area contributed by atoms with Crippen molar-refractivity contribution in [2.24, 2.45) is 0 Å². The van der Waals surface area contributed by atoms with E-state index in [1.54, 1.807) is 0 Å². The van der Waals surface area contributed by atoms with Crippen LogP contribution in [0.1, 0.15) is 41.6 Å². The lowest BCUT2D eigenvalue weighted by Crippen LogP contribution is -2.33. The molecule has 1 fully saturated rings. The van der Waals surface area contributed by atoms with Gasteiger partial charge in [0.1, 0.15) is 0 Å². The predicted molar refractivity (Wildman–Crippen MR) is 77.0 cm³/mol. The second-order valence-corrected chi connectivity index (χ2v) is 5.39. The third kappa shape index (κ3) is 2.70. The van der Waals surface area contributed by atoms with Crippen LogP contribution in [0.5, 0.6) is 0 Å². The number of carbonyl (C=O) groups excluding carboxylic acids is 1. The Kier molecular flexibility index (Phi) is 4.13. The molecule has 1 aliphatic carbocycles. The van der Waals surface area contributed by atoms with Crippen LogP contribution in [0.25, 0.3) is 0 Å². The first-order valence-electron chi connectivity index (χ1n) is 6.45. The summed E-state index contributed by atoms with van der Waals surface area (Å²) >= 11 is 6.05. The van der Waals surface area contributed by atoms with Crippen LogP contribution in [-0.4, -0.2) is 16.9 Å². The average molecular weight is 298 g/mol. The van der Waals surface area contributed by atoms with Gasteiger partial charge in [0, 0.05) is 12.1 Å². The number of hydrogen-bond donors (Lipinski definition) is 2. The molecule has 1 aromatic carbocycles. The van der Waals surface area contributed by atoms with Crippen LogP contribution in [-0.2, 0) is 0 Å². The molecule has 108 valence electrons. The van der Waals surface area contributed by atoms with Crippen LogP contribution in [0.15, 0.2) is 6.07 Å². The van der Waals surface area contributed by atoms with Crippen LogP contribution >= 0.6 is 11.6 Å². The smallest absolute Gasteiger partial charge is 0.275 e. The maximum Gasteiger partial charge on any atom is 0.275 e. The molecule has 0 bridgehead atoms. The maximum absolute atomic E-state index is 12.2. The number of nitrogens with zero attached hydrogens (tertiary/aromatic N) is 1. The summed E-state index contributed by atoms with van der Waals surface area (Å²) in [6.45, 7) is 1.51. The first-order valence-corrected chi connectivity index (χ1v) is 6.83. The highest BCUT2D eigenvalue weighted by Crippen LogP contribution is 2.34. The van der Waals surface area contributed by atoms with E-state index in [2.05, 4.69) is 5.32 Å². The number of nitro groups is 1. The minimum Gasteiger partial charge on any atom is -0.397 e. The van der Waals surface area contributed by atoms with Gasteiger partial charge in [-0.1, -0.05) is 24.4 Å². The fraction of sp³-hybridized carbons (Fsp3) is 0.462. The number of rotatable bonds is 3. The van der Waals surface area contributed by atoms with E-state index < -0.39 is 10.8 Å². The lowest BCUT2D eigenvalue weighted by molar-refractivity contribution is -0.385. The molecular weight excluding hydrogens is 282 g/mol. The molecule has 7 heteroatoms. The van der Waals surface area contributed by atoms with Crippen molar-refractivity contribution in [1.29, 1.82) is 0 Å². The van der Waals surface area contributed by atoms with Crippen molar-refractivity contribution in [1.82, 2.24) is 5.32 Å². The molecule has 1 aliphatic rings. The van der Waals surface area contributed by atoms with E-state index in [4.69, 9.17) is 17.3 Å². The highest BCUT2D eigenvalue weighted by molar-refractivity contribution is 6.36. The Hall–Kier alpha value is -1.82. The Morgan fingerprint density at radius 2 is 2.10 bits per heavy atom. The number of anilines is 1. The molecule has 3 N–H and O–H groups in total. The summed E-state index contributed by atoms with van der Waals surface area (Å²) in [5.74, 6) is -0.406. The number of nitrogens with one attached hydrogen (secondary N) is 1. The molecule has 1 aromatic rings. The highest BCUT2D eigenvalue weighted by atomic mass is 35.5. The van der Waals surface area contributed by atoms with Gasteiger partial charge in [0.2, 0.25) is 0 Å². The Morgan fingerprint density at radius 1 is 1.50 bits per heavy atom. The Balaban J connectivity index is 2.35. The third-order valence-corrected chi connectivity index (χ3v) is 4.08. The summed E-state index contributed by atoms with van der Waals surface area (Å²) in [4.78, 5) is 22.6. The normalized spacial score (nSPS) is 15.3. The van der Waals surface area contributed by atoms with Crippen LogP contribution in [0.2, 0.25) is 5.02 Å². The van der Waals surface area contributed by atoms with Crippen molar-refractivity contribution in [2.75, 3.05) is 5.73 Å². The molecule has 0 atom stereocenters. The Morgan fingerprint density at radius 3 is 2.65 bits per heavy atom. The van der Waals surface area contributed by atoms with E-state index in [0.29, 0.717) is 0 Å². The van der Waals surface area contributed by atoms with E-state index in [9.17, 15) is 14.9 Å². The zero-order valence-corrected chi connectivity index (χ0v) is 11.9. The van der Waals surface area contributed by atoms with E-state index in [1.165, 1.54) is 13.0 Å². The van der Waals surface area contributed by atoms with Crippen molar-refractivity contribution in [3.63, 3.8) is 0 Å². The van der Waals surface area contributed by atoms with Gasteiger partial charge in [-0.25, -0.2) is 0 Å². The Labute approximate surface area is 121 Å². The monoisotopic (exact) mass is 297 g/mol. The lowest BCUT2D eigenvalue weighted by atomic mass is 10.1. The summed E-state index contributed by atoms with van der Waals surface area (Å²) in [5.41, 5.74) is 5.98. The van der Waals surface area contributed by atoms with Gasteiger partial charge < -0.3 is 11.1 Å². The van der Waals surface area contributed by atoms with Gasteiger partial charge >= 0.3 is 0 Å². The van der Waals surface area contributed by atoms with E-state index in [1.807, 2.05) is 0 Å². The zero-order chi connectivity index (χ0) is 14.9. The molecule has 0 saturated heterocycles. The number of halogens is 1. The molecule has 0 aromatic heterocycles. The van der Waals surface area contributed by atoms with E-state index >= 15 is 0 Å². The SMILES string of the molecule is Cc1c([N+](=O)[O-])cc(C(=O)NC2CCCC2)c(Cl)c1N. The number of nitrogens with two attached hydrogens (primary N) is 1. The average Bonchev–Trinajstić information content (AvgIpc) is 2.88. The van der Waals surface area contributed by atoms with Crippen molar-refractivity contribution >= 4 is 28.9 Å². The summed E-state index contributed by atoms with van der Waals surface area (Å²) < 4.78 is 0. The second kappa shape index (κ2) is 5.66. The number of nitro benzene ring substituents is 1. The van der Waals surface area contributed by atoms with Gasteiger partial charge in [0.15, 0.2) is 0 Å². The zero-order valence-electron chi connectivity index (χ0n) is 11.1. The molecule has 20 heavy (non-hydrogen) atoms. The molecule has 0 unspecified atom stereocenters. The number of amides is 1. The van der Waals surface area contributed by atoms with Crippen LogP contribution in [0.3, 0.4) is 0 Å². The first kappa shape index (κ1) is 14.6. The molecule has 0 spiro atoms. The third-order valence-electron chi connectivity index (χ3n) is 3.67. The number of nitrogen functional groups attached to an aromatic ring is 1. The van der Waals surface area contributed by atoms with Gasteiger partial charge in [-0.05, 0) is 19.8 Å². The number of benzene rings is 1. The van der Waals surface area contributed by atoms with Crippen molar-refractivity contribution in [3.05, 3.63) is 32.3 Å². The lowest BCUT2D eigenvalue weighted by Gasteiger charge is -2.14. The molecule has 0 heterocycles. The molecule has 0 aliphatic heterocycles. The van der Waals surface area contributed by atoms with Gasteiger partial charge in [-0.3, -0.25) is 14.9 Å². The molecular formula is C13H16ClN3O3. The van der Waals surface area contributed by atoms with Crippen molar-refractivity contribution in [2.45, 2.75) is 38.6 Å². The molecule has 2 rings (SSSR count). The van der Waals surface area contributed by atoms with Gasteiger partial charge in [-0.2, -0.15) is 0 Å². The minimum atomic E-state index is -0.561. The van der Waals surface area contributed by atoms with Gasteiger partial charge in [-0.15, -0.1) is 0 Å². The fourth-order valence-electron chi connectivity index (χ4n) is 2.44. The largest absolute Gasteiger partial charge is 0.397 e. The predicted octanol–water partition coefficient (Wildman–Crippen LogP) is 2.81. The van der Waals surface area contributed by atoms with E-state index in [-0.39, 0.29) is 33.6 Å². The quantitative estimate of drug-likeness (QED) is 0.509. The summed E-state index contributed by atoms with van der Waals surface area (Å²) in [6, 6.07) is 1.30. The van der Waals surface area contributed by atoms with Gasteiger partial charge in [0.25, 0.3) is 11.6 Å². The highest BCUT2D eigenvalue weighted by Gasteiger charge is 2.25. The van der Waals surface area contributed by atoms with Crippen molar-refractivity contribution < 1.29 is 9.72 Å². The summed E-state index contributed by atoms with van der Waals surface area (Å²) in [7, 11) is 0. The van der Waals surface area contributed by atoms with Crippen LogP contribution in [0.4, 0.5) is 11.4 Å². The molecule has 1 amide bonds. The molecule has 6 nitrogen and oxygen atoms in total. The van der Waals surface area contributed by atoms with E-state index in [0.717, 1.165) is 25.7 Å². The van der Waals surface area contributed by atoms with Crippen LogP contribution < -0.4 is 11.1 Å². The van der Waals surface area contributed by atoms with Crippen LogP contribution in [0, 0.1) is 17.0 Å². The maximum atomic E-state index is 12.2. The van der Waals surface area contributed by atoms with Crippen molar-refractivity contribution in [3.8, 4) is 0 Å². The summed E-state index contributed by atoms with van der Waals surface area (Å²) in [6.07, 6.45) is 4.00. The minimum absolute atomic E-state index is 0.0633.